The van der Waals surface area contributed by atoms with E-state index >= 15 is 0 Å². The highest BCUT2D eigenvalue weighted by atomic mass is 32.2. The van der Waals surface area contributed by atoms with Gasteiger partial charge in [-0.15, -0.1) is 5.10 Å². The molecular weight excluding hydrogens is 661 g/mol. The molecule has 0 N–H and O–H groups in total. The number of benzene rings is 2. The number of pyridine rings is 1. The molecular formula is C34H35F3N6O5S. The number of carbonyl (C=O) groups is 2. The third-order valence-electron chi connectivity index (χ3n) is 9.85. The molecule has 7 rings (SSSR count). The van der Waals surface area contributed by atoms with Crippen LogP contribution in [0.5, 0.6) is 0 Å². The topological polar surface area (TPSA) is 128 Å². The maximum atomic E-state index is 14.0. The van der Waals surface area contributed by atoms with Gasteiger partial charge in [-0.25, -0.2) is 22.9 Å². The predicted octanol–water partition coefficient (Wildman–Crippen LogP) is 5.18. The number of alkyl halides is 3. The number of nitrogens with zero attached hydrogens (tertiary/aromatic N) is 6. The highest BCUT2D eigenvalue weighted by Gasteiger charge is 2.43. The Morgan fingerprint density at radius 1 is 1.08 bits per heavy atom. The van der Waals surface area contributed by atoms with Crippen molar-refractivity contribution in [1.82, 2.24) is 24.3 Å². The fraction of sp³-hybridized carbons (Fsp3) is 0.441. The summed E-state index contributed by atoms with van der Waals surface area (Å²) in [6, 6.07) is 12.1. The number of fused-ring (bicyclic) bond motifs is 4. The van der Waals surface area contributed by atoms with E-state index in [4.69, 9.17) is 0 Å². The van der Waals surface area contributed by atoms with Gasteiger partial charge in [-0.1, -0.05) is 29.5 Å². The lowest BCUT2D eigenvalue weighted by atomic mass is 9.84. The normalized spacial score (nSPS) is 19.7. The zero-order valence-electron chi connectivity index (χ0n) is 27.0. The summed E-state index contributed by atoms with van der Waals surface area (Å²) >= 11 is 0. The highest BCUT2D eigenvalue weighted by Crippen LogP contribution is 2.39. The minimum Gasteiger partial charge on any atom is -0.386 e. The van der Waals surface area contributed by atoms with Crippen molar-refractivity contribution in [2.24, 2.45) is 5.92 Å². The minimum absolute atomic E-state index is 0.0257. The van der Waals surface area contributed by atoms with Crippen molar-refractivity contribution < 1.29 is 35.9 Å². The van der Waals surface area contributed by atoms with Crippen molar-refractivity contribution in [3.05, 3.63) is 76.5 Å². The van der Waals surface area contributed by atoms with Gasteiger partial charge in [0.15, 0.2) is 0 Å². The van der Waals surface area contributed by atoms with E-state index in [9.17, 15) is 31.2 Å². The molecule has 0 spiro atoms. The van der Waals surface area contributed by atoms with Crippen LogP contribution in [-0.2, 0) is 37.4 Å². The first kappa shape index (κ1) is 33.1. The SMILES string of the molecule is Cc1ccc(C(CC(=O)OC(=O)C(F)(F)F)c2ccc3c(nnn3CC3CC3)c2C)cc1CN1C[C@H]2CCCN2c2ncccc2S1(=O)=O. The number of hydrogen-bond acceptors (Lipinski definition) is 9. The average Bonchev–Trinajstić information content (AvgIpc) is 3.61. The first-order valence-electron chi connectivity index (χ1n) is 16.3. The summed E-state index contributed by atoms with van der Waals surface area (Å²) in [6.45, 7) is 5.37. The number of aryl methyl sites for hydroxylation is 2. The lowest BCUT2D eigenvalue weighted by molar-refractivity contribution is -0.201. The number of halogens is 3. The molecule has 2 atom stereocenters. The molecule has 49 heavy (non-hydrogen) atoms. The molecule has 1 saturated heterocycles. The Labute approximate surface area is 281 Å². The molecule has 1 unspecified atom stereocenters. The van der Waals surface area contributed by atoms with Crippen LogP contribution in [0.15, 0.2) is 53.6 Å². The number of ether oxygens (including phenoxy) is 1. The largest absolute Gasteiger partial charge is 0.491 e. The van der Waals surface area contributed by atoms with Gasteiger partial charge in [0.2, 0.25) is 10.0 Å². The van der Waals surface area contributed by atoms with Gasteiger partial charge in [-0.05, 0) is 91.5 Å². The van der Waals surface area contributed by atoms with E-state index in [-0.39, 0.29) is 24.0 Å². The maximum Gasteiger partial charge on any atom is 0.491 e. The summed E-state index contributed by atoms with van der Waals surface area (Å²) in [6.07, 6.45) is -0.353. The molecule has 4 aromatic rings. The van der Waals surface area contributed by atoms with Gasteiger partial charge in [0.05, 0.1) is 11.9 Å². The second-order valence-electron chi connectivity index (χ2n) is 13.2. The third-order valence-corrected chi connectivity index (χ3v) is 11.7. The van der Waals surface area contributed by atoms with E-state index in [1.165, 1.54) is 4.31 Å². The number of esters is 2. The van der Waals surface area contributed by atoms with Crippen molar-refractivity contribution in [2.45, 2.75) is 82.1 Å². The fourth-order valence-electron chi connectivity index (χ4n) is 7.01. The quantitative estimate of drug-likeness (QED) is 0.181. The Morgan fingerprint density at radius 2 is 1.88 bits per heavy atom. The van der Waals surface area contributed by atoms with Crippen LogP contribution in [0, 0.1) is 19.8 Å². The van der Waals surface area contributed by atoms with Crippen LogP contribution in [0.25, 0.3) is 11.0 Å². The third kappa shape index (κ3) is 6.41. The molecule has 0 bridgehead atoms. The van der Waals surface area contributed by atoms with Crippen molar-refractivity contribution in [3.8, 4) is 0 Å². The standard InChI is InChI=1S/C34H35F3N6O5S/c1-20-7-10-23(15-24(20)18-41-19-25-5-4-14-42(25)32-29(49(41,46)47)6-3-13-38-32)27(16-30(44)48-33(45)34(35,36)37)26-11-12-28-31(21(26)2)39-40-43(28)17-22-8-9-22/h3,6-7,10-13,15,22,25,27H,4-5,8-9,14,16-19H2,1-2H3/t25-,27?/m1/s1. The molecule has 2 aliphatic heterocycles. The number of anilines is 1. The van der Waals surface area contributed by atoms with Crippen LogP contribution in [0.4, 0.5) is 19.0 Å². The van der Waals surface area contributed by atoms with Gasteiger partial charge >= 0.3 is 18.1 Å². The van der Waals surface area contributed by atoms with Crippen molar-refractivity contribution in [3.63, 3.8) is 0 Å². The van der Waals surface area contributed by atoms with Crippen LogP contribution in [0.2, 0.25) is 0 Å². The molecule has 15 heteroatoms. The second kappa shape index (κ2) is 12.5. The number of hydrogen-bond donors (Lipinski definition) is 0. The van der Waals surface area contributed by atoms with Gasteiger partial charge in [-0.2, -0.15) is 17.5 Å². The summed E-state index contributed by atoms with van der Waals surface area (Å²) in [7, 11) is -3.95. The van der Waals surface area contributed by atoms with E-state index in [1.807, 2.05) is 24.6 Å². The maximum absolute atomic E-state index is 14.0. The molecule has 0 radical (unpaired) electrons. The van der Waals surface area contributed by atoms with Gasteiger partial charge in [0.25, 0.3) is 0 Å². The van der Waals surface area contributed by atoms with Crippen LogP contribution in [-0.4, -0.2) is 69.9 Å². The van der Waals surface area contributed by atoms with Crippen LogP contribution in [0.1, 0.15) is 65.8 Å². The van der Waals surface area contributed by atoms with Crippen molar-refractivity contribution in [1.29, 1.82) is 0 Å². The number of rotatable bonds is 8. The highest BCUT2D eigenvalue weighted by molar-refractivity contribution is 7.89. The van der Waals surface area contributed by atoms with E-state index in [1.54, 1.807) is 42.6 Å². The molecule has 1 saturated carbocycles. The molecule has 3 aliphatic rings. The molecule has 0 amide bonds. The van der Waals surface area contributed by atoms with Gasteiger partial charge in [0, 0.05) is 44.3 Å². The van der Waals surface area contributed by atoms with Gasteiger partial charge < -0.3 is 9.64 Å². The van der Waals surface area contributed by atoms with E-state index < -0.39 is 40.5 Å². The molecule has 258 valence electrons. The summed E-state index contributed by atoms with van der Waals surface area (Å²) < 4.78 is 74.6. The van der Waals surface area contributed by atoms with Crippen LogP contribution >= 0.6 is 0 Å². The Kier molecular flexibility index (Phi) is 8.46. The lowest BCUT2D eigenvalue weighted by Crippen LogP contribution is -2.39. The first-order chi connectivity index (χ1) is 23.3. The first-order valence-corrected chi connectivity index (χ1v) is 17.7. The Bertz CT molecular complexity index is 2060. The average molecular weight is 697 g/mol. The number of sulfonamides is 1. The summed E-state index contributed by atoms with van der Waals surface area (Å²) in [4.78, 5) is 31.1. The number of carbonyl (C=O) groups excluding carboxylic acids is 2. The fourth-order valence-corrected chi connectivity index (χ4v) is 8.62. The lowest BCUT2D eigenvalue weighted by Gasteiger charge is -2.26. The predicted molar refractivity (Wildman–Crippen MR) is 172 cm³/mol. The molecule has 2 fully saturated rings. The molecule has 2 aromatic heterocycles. The second-order valence-corrected chi connectivity index (χ2v) is 15.1. The van der Waals surface area contributed by atoms with Crippen LogP contribution in [0.3, 0.4) is 0 Å². The summed E-state index contributed by atoms with van der Waals surface area (Å²) in [5.74, 6) is -3.78. The molecule has 11 nitrogen and oxygen atoms in total. The Morgan fingerprint density at radius 3 is 2.63 bits per heavy atom. The van der Waals surface area contributed by atoms with Gasteiger partial charge in [0.1, 0.15) is 16.2 Å². The van der Waals surface area contributed by atoms with Crippen molar-refractivity contribution in [2.75, 3.05) is 18.0 Å². The van der Waals surface area contributed by atoms with Crippen LogP contribution < -0.4 is 4.90 Å². The van der Waals surface area contributed by atoms with E-state index in [0.29, 0.717) is 46.1 Å². The zero-order chi connectivity index (χ0) is 34.7. The zero-order valence-corrected chi connectivity index (χ0v) is 27.8. The summed E-state index contributed by atoms with van der Waals surface area (Å²) in [5.41, 5.74) is 4.68. The minimum atomic E-state index is -5.33. The number of aromatic nitrogens is 4. The van der Waals surface area contributed by atoms with E-state index in [2.05, 4.69) is 24.9 Å². The summed E-state index contributed by atoms with van der Waals surface area (Å²) in [5, 5.41) is 8.71. The Hall–Kier alpha value is -4.37. The van der Waals surface area contributed by atoms with Gasteiger partial charge in [-0.3, -0.25) is 4.79 Å². The van der Waals surface area contributed by atoms with E-state index in [0.717, 1.165) is 43.3 Å². The smallest absolute Gasteiger partial charge is 0.386 e. The molecule has 2 aromatic carbocycles. The van der Waals surface area contributed by atoms with Crippen molar-refractivity contribution >= 4 is 38.8 Å². The molecule has 1 aliphatic carbocycles. The monoisotopic (exact) mass is 696 g/mol. The Balaban J connectivity index is 1.26. The molecule has 4 heterocycles.